The lowest BCUT2D eigenvalue weighted by Crippen LogP contribution is -1.99. The second-order valence-corrected chi connectivity index (χ2v) is 4.03. The van der Waals surface area contributed by atoms with Crippen LogP contribution in [0, 0.1) is 5.82 Å². The van der Waals surface area contributed by atoms with E-state index in [0.29, 0.717) is 12.0 Å². The minimum absolute atomic E-state index is 0.348. The van der Waals surface area contributed by atoms with Crippen molar-refractivity contribution in [3.8, 4) is 11.1 Å². The molecule has 0 saturated heterocycles. The van der Waals surface area contributed by atoms with Crippen LogP contribution in [-0.2, 0) is 0 Å². The average molecular weight is 230 g/mol. The summed E-state index contributed by atoms with van der Waals surface area (Å²) in [7, 11) is 0. The molecule has 0 aromatic heterocycles. The highest BCUT2D eigenvalue weighted by molar-refractivity contribution is 5.64. The van der Waals surface area contributed by atoms with E-state index in [1.807, 2.05) is 37.3 Å². The minimum atomic E-state index is -0.737. The first-order valence-electron chi connectivity index (χ1n) is 5.75. The lowest BCUT2D eigenvalue weighted by molar-refractivity contribution is 0.169. The Bertz CT molecular complexity index is 494. The maximum Gasteiger partial charge on any atom is 0.129 e. The van der Waals surface area contributed by atoms with Crippen molar-refractivity contribution in [1.82, 2.24) is 0 Å². The maximum absolute atomic E-state index is 13.6. The van der Waals surface area contributed by atoms with E-state index in [-0.39, 0.29) is 5.82 Å². The Labute approximate surface area is 101 Å². The van der Waals surface area contributed by atoms with Crippen molar-refractivity contribution in [3.05, 3.63) is 59.9 Å². The first-order valence-corrected chi connectivity index (χ1v) is 5.75. The van der Waals surface area contributed by atoms with Crippen molar-refractivity contribution < 1.29 is 9.50 Å². The summed E-state index contributed by atoms with van der Waals surface area (Å²) in [5.41, 5.74) is 2.32. The Kier molecular flexibility index (Phi) is 3.55. The van der Waals surface area contributed by atoms with Crippen LogP contribution in [0.1, 0.15) is 25.0 Å². The molecule has 0 bridgehead atoms. The van der Waals surface area contributed by atoms with Crippen LogP contribution in [-0.4, -0.2) is 5.11 Å². The highest BCUT2D eigenvalue weighted by Crippen LogP contribution is 2.26. The predicted molar refractivity (Wildman–Crippen MR) is 67.1 cm³/mol. The third kappa shape index (κ3) is 2.53. The standard InChI is InChI=1S/C15H15FO/c1-2-15(17)13-10-12(8-9-14(13)16)11-6-4-3-5-7-11/h3-10,15,17H,2H2,1H3. The normalized spacial score (nSPS) is 12.4. The van der Waals surface area contributed by atoms with Crippen molar-refractivity contribution in [2.24, 2.45) is 0 Å². The molecule has 88 valence electrons. The Morgan fingerprint density at radius 1 is 1.06 bits per heavy atom. The number of hydrogen-bond donors (Lipinski definition) is 1. The van der Waals surface area contributed by atoms with E-state index in [0.717, 1.165) is 11.1 Å². The zero-order chi connectivity index (χ0) is 12.3. The van der Waals surface area contributed by atoms with Crippen molar-refractivity contribution in [3.63, 3.8) is 0 Å². The van der Waals surface area contributed by atoms with Crippen molar-refractivity contribution >= 4 is 0 Å². The van der Waals surface area contributed by atoms with E-state index in [9.17, 15) is 9.50 Å². The molecule has 0 spiro atoms. The summed E-state index contributed by atoms with van der Waals surface area (Å²) in [6.07, 6.45) is -0.228. The van der Waals surface area contributed by atoms with Crippen LogP contribution in [0.3, 0.4) is 0 Å². The highest BCUT2D eigenvalue weighted by atomic mass is 19.1. The fraction of sp³-hybridized carbons (Fsp3) is 0.200. The predicted octanol–water partition coefficient (Wildman–Crippen LogP) is 3.94. The molecule has 0 saturated carbocycles. The van der Waals surface area contributed by atoms with E-state index in [1.54, 1.807) is 12.1 Å². The molecule has 0 aliphatic heterocycles. The molecule has 17 heavy (non-hydrogen) atoms. The summed E-state index contributed by atoms with van der Waals surface area (Å²) >= 11 is 0. The molecule has 0 amide bonds. The van der Waals surface area contributed by atoms with E-state index < -0.39 is 6.10 Å². The fourth-order valence-electron chi connectivity index (χ4n) is 1.83. The second-order valence-electron chi connectivity index (χ2n) is 4.03. The number of aliphatic hydroxyl groups is 1. The molecular weight excluding hydrogens is 215 g/mol. The first-order chi connectivity index (χ1) is 8.22. The van der Waals surface area contributed by atoms with Gasteiger partial charge in [0.2, 0.25) is 0 Å². The van der Waals surface area contributed by atoms with Crippen LogP contribution < -0.4 is 0 Å². The third-order valence-electron chi connectivity index (χ3n) is 2.85. The molecule has 2 rings (SSSR count). The Morgan fingerprint density at radius 2 is 1.76 bits per heavy atom. The van der Waals surface area contributed by atoms with Crippen LogP contribution in [0.25, 0.3) is 11.1 Å². The van der Waals surface area contributed by atoms with Crippen LogP contribution in [0.4, 0.5) is 4.39 Å². The molecule has 1 atom stereocenters. The number of rotatable bonds is 3. The summed E-state index contributed by atoms with van der Waals surface area (Å²) < 4.78 is 13.6. The summed E-state index contributed by atoms with van der Waals surface area (Å²) in [6.45, 7) is 1.83. The average Bonchev–Trinajstić information content (AvgIpc) is 2.39. The quantitative estimate of drug-likeness (QED) is 0.846. The zero-order valence-corrected chi connectivity index (χ0v) is 9.73. The molecule has 2 aromatic rings. The molecule has 0 heterocycles. The SMILES string of the molecule is CCC(O)c1cc(-c2ccccc2)ccc1F. The van der Waals surface area contributed by atoms with Gasteiger partial charge in [-0.15, -0.1) is 0 Å². The van der Waals surface area contributed by atoms with Crippen molar-refractivity contribution in [2.45, 2.75) is 19.4 Å². The van der Waals surface area contributed by atoms with Gasteiger partial charge in [-0.3, -0.25) is 0 Å². The van der Waals surface area contributed by atoms with Crippen LogP contribution in [0.15, 0.2) is 48.5 Å². The number of benzene rings is 2. The molecule has 0 radical (unpaired) electrons. The lowest BCUT2D eigenvalue weighted by Gasteiger charge is -2.11. The van der Waals surface area contributed by atoms with E-state index in [2.05, 4.69) is 0 Å². The van der Waals surface area contributed by atoms with Gasteiger partial charge in [0.1, 0.15) is 5.82 Å². The zero-order valence-electron chi connectivity index (χ0n) is 9.73. The van der Waals surface area contributed by atoms with Gasteiger partial charge in [0.05, 0.1) is 6.10 Å². The lowest BCUT2D eigenvalue weighted by atomic mass is 9.99. The maximum atomic E-state index is 13.6. The molecule has 0 aliphatic rings. The molecule has 1 nitrogen and oxygen atoms in total. The summed E-state index contributed by atoms with van der Waals surface area (Å²) in [4.78, 5) is 0. The smallest absolute Gasteiger partial charge is 0.129 e. The third-order valence-corrected chi connectivity index (χ3v) is 2.85. The summed E-state index contributed by atoms with van der Waals surface area (Å²) in [5.74, 6) is -0.348. The highest BCUT2D eigenvalue weighted by Gasteiger charge is 2.11. The summed E-state index contributed by atoms with van der Waals surface area (Å²) in [6, 6.07) is 14.6. The minimum Gasteiger partial charge on any atom is -0.388 e. The van der Waals surface area contributed by atoms with Gasteiger partial charge in [0.25, 0.3) is 0 Å². The molecule has 2 aromatic carbocycles. The monoisotopic (exact) mass is 230 g/mol. The molecular formula is C15H15FO. The van der Waals surface area contributed by atoms with Gasteiger partial charge in [-0.1, -0.05) is 43.3 Å². The van der Waals surface area contributed by atoms with Gasteiger partial charge < -0.3 is 5.11 Å². The van der Waals surface area contributed by atoms with Gasteiger partial charge in [0.15, 0.2) is 0 Å². The van der Waals surface area contributed by atoms with Crippen LogP contribution in [0.2, 0.25) is 0 Å². The Balaban J connectivity index is 2.44. The Hall–Kier alpha value is -1.67. The topological polar surface area (TPSA) is 20.2 Å². The molecule has 1 unspecified atom stereocenters. The molecule has 0 fully saturated rings. The van der Waals surface area contributed by atoms with Gasteiger partial charge in [-0.25, -0.2) is 4.39 Å². The fourth-order valence-corrected chi connectivity index (χ4v) is 1.83. The number of aliphatic hydroxyl groups excluding tert-OH is 1. The van der Waals surface area contributed by atoms with E-state index >= 15 is 0 Å². The van der Waals surface area contributed by atoms with Crippen LogP contribution in [0.5, 0.6) is 0 Å². The van der Waals surface area contributed by atoms with Gasteiger partial charge in [-0.05, 0) is 29.7 Å². The second kappa shape index (κ2) is 5.11. The van der Waals surface area contributed by atoms with Gasteiger partial charge in [0, 0.05) is 5.56 Å². The molecule has 1 N–H and O–H groups in total. The van der Waals surface area contributed by atoms with Gasteiger partial charge in [-0.2, -0.15) is 0 Å². The van der Waals surface area contributed by atoms with E-state index in [4.69, 9.17) is 0 Å². The molecule has 2 heteroatoms. The van der Waals surface area contributed by atoms with Crippen molar-refractivity contribution in [2.75, 3.05) is 0 Å². The molecule has 0 aliphatic carbocycles. The Morgan fingerprint density at radius 3 is 2.41 bits per heavy atom. The van der Waals surface area contributed by atoms with E-state index in [1.165, 1.54) is 6.07 Å². The largest absolute Gasteiger partial charge is 0.388 e. The van der Waals surface area contributed by atoms with Crippen molar-refractivity contribution in [1.29, 1.82) is 0 Å². The summed E-state index contributed by atoms with van der Waals surface area (Å²) in [5, 5.41) is 9.74. The van der Waals surface area contributed by atoms with Crippen LogP contribution >= 0.6 is 0 Å². The first kappa shape index (κ1) is 11.8. The number of halogens is 1. The number of hydrogen-bond acceptors (Lipinski definition) is 1. The van der Waals surface area contributed by atoms with Gasteiger partial charge >= 0.3 is 0 Å².